The first-order chi connectivity index (χ1) is 9.33. The van der Waals surface area contributed by atoms with Crippen LogP contribution in [-0.2, 0) is 4.74 Å². The first kappa shape index (κ1) is 12.4. The van der Waals surface area contributed by atoms with Crippen molar-refractivity contribution in [2.24, 2.45) is 5.92 Å². The highest BCUT2D eigenvalue weighted by atomic mass is 32.1. The zero-order valence-electron chi connectivity index (χ0n) is 10.3. The second-order valence-corrected chi connectivity index (χ2v) is 5.44. The Morgan fingerprint density at radius 2 is 2.53 bits per heavy atom. The van der Waals surface area contributed by atoms with Crippen molar-refractivity contribution in [3.05, 3.63) is 29.3 Å². The molecule has 6 heteroatoms. The first-order valence-electron chi connectivity index (χ1n) is 6.19. The van der Waals surface area contributed by atoms with Crippen molar-refractivity contribution in [3.63, 3.8) is 0 Å². The van der Waals surface area contributed by atoms with Gasteiger partial charge in [-0.1, -0.05) is 11.2 Å². The third-order valence-electron chi connectivity index (χ3n) is 3.08. The summed E-state index contributed by atoms with van der Waals surface area (Å²) in [4.78, 5) is 12.9. The maximum Gasteiger partial charge on any atom is 0.273 e. The Labute approximate surface area is 114 Å². The molecule has 1 saturated heterocycles. The SMILES string of the molecule is O=C(NCC1CCOC1)c1cc(-c2cccs2)on1. The van der Waals surface area contributed by atoms with Gasteiger partial charge < -0.3 is 14.6 Å². The summed E-state index contributed by atoms with van der Waals surface area (Å²) in [6, 6.07) is 5.54. The lowest BCUT2D eigenvalue weighted by Crippen LogP contribution is -2.29. The molecule has 2 aromatic rings. The molecule has 0 saturated carbocycles. The number of carbonyl (C=O) groups excluding carboxylic acids is 1. The number of rotatable bonds is 4. The van der Waals surface area contributed by atoms with Gasteiger partial charge in [-0.05, 0) is 17.9 Å². The molecule has 3 rings (SSSR count). The summed E-state index contributed by atoms with van der Waals surface area (Å²) in [5.41, 5.74) is 0.322. The zero-order chi connectivity index (χ0) is 13.1. The number of hydrogen-bond donors (Lipinski definition) is 1. The van der Waals surface area contributed by atoms with Crippen molar-refractivity contribution in [1.82, 2.24) is 10.5 Å². The van der Waals surface area contributed by atoms with E-state index in [1.54, 1.807) is 17.4 Å². The van der Waals surface area contributed by atoms with E-state index in [4.69, 9.17) is 9.26 Å². The average Bonchev–Trinajstić information content (AvgIpc) is 3.14. The van der Waals surface area contributed by atoms with Crippen molar-refractivity contribution in [3.8, 4) is 10.6 Å². The average molecular weight is 278 g/mol. The Morgan fingerprint density at radius 1 is 1.58 bits per heavy atom. The fourth-order valence-electron chi connectivity index (χ4n) is 1.99. The van der Waals surface area contributed by atoms with Gasteiger partial charge in [-0.25, -0.2) is 0 Å². The number of amides is 1. The smallest absolute Gasteiger partial charge is 0.273 e. The maximum atomic E-state index is 11.9. The fourth-order valence-corrected chi connectivity index (χ4v) is 2.66. The molecule has 3 heterocycles. The van der Waals surface area contributed by atoms with E-state index >= 15 is 0 Å². The van der Waals surface area contributed by atoms with Gasteiger partial charge in [0.15, 0.2) is 11.5 Å². The zero-order valence-corrected chi connectivity index (χ0v) is 11.1. The number of ether oxygens (including phenoxy) is 1. The van der Waals surface area contributed by atoms with E-state index in [1.165, 1.54) is 0 Å². The minimum Gasteiger partial charge on any atom is -0.381 e. The van der Waals surface area contributed by atoms with Crippen LogP contribution in [0.3, 0.4) is 0 Å². The lowest BCUT2D eigenvalue weighted by atomic mass is 10.1. The molecule has 1 N–H and O–H groups in total. The van der Waals surface area contributed by atoms with E-state index in [0.29, 0.717) is 23.9 Å². The quantitative estimate of drug-likeness (QED) is 0.931. The lowest BCUT2D eigenvalue weighted by molar-refractivity contribution is 0.0936. The monoisotopic (exact) mass is 278 g/mol. The number of thiophene rings is 1. The molecule has 0 aromatic carbocycles. The molecule has 1 aliphatic rings. The summed E-state index contributed by atoms with van der Waals surface area (Å²) < 4.78 is 10.4. The predicted molar refractivity (Wildman–Crippen MR) is 71.1 cm³/mol. The Balaban J connectivity index is 1.60. The first-order valence-corrected chi connectivity index (χ1v) is 7.07. The van der Waals surface area contributed by atoms with Crippen LogP contribution in [0, 0.1) is 5.92 Å². The van der Waals surface area contributed by atoms with Crippen LogP contribution in [0.25, 0.3) is 10.6 Å². The molecule has 100 valence electrons. The molecule has 1 amide bonds. The largest absolute Gasteiger partial charge is 0.381 e. The third-order valence-corrected chi connectivity index (χ3v) is 3.97. The standard InChI is InChI=1S/C13H14N2O3S/c16-13(14-7-9-3-4-17-8-9)10-6-11(18-15-10)12-2-1-5-19-12/h1-2,5-6,9H,3-4,7-8H2,(H,14,16). The molecule has 5 nitrogen and oxygen atoms in total. The number of nitrogens with one attached hydrogen (secondary N) is 1. The summed E-state index contributed by atoms with van der Waals surface area (Å²) in [6.07, 6.45) is 1.000. The van der Waals surface area contributed by atoms with Gasteiger partial charge in [-0.2, -0.15) is 0 Å². The van der Waals surface area contributed by atoms with E-state index in [-0.39, 0.29) is 5.91 Å². The van der Waals surface area contributed by atoms with Gasteiger partial charge in [0, 0.05) is 25.1 Å². The summed E-state index contributed by atoms with van der Waals surface area (Å²) in [7, 11) is 0. The highest BCUT2D eigenvalue weighted by Crippen LogP contribution is 2.25. The van der Waals surface area contributed by atoms with Crippen molar-refractivity contribution in [2.45, 2.75) is 6.42 Å². The Hall–Kier alpha value is -1.66. The van der Waals surface area contributed by atoms with E-state index in [1.807, 2.05) is 17.5 Å². The number of nitrogens with zero attached hydrogens (tertiary/aromatic N) is 1. The van der Waals surface area contributed by atoms with Crippen LogP contribution in [0.15, 0.2) is 28.1 Å². The molecule has 0 bridgehead atoms. The van der Waals surface area contributed by atoms with Crippen molar-refractivity contribution >= 4 is 17.2 Å². The van der Waals surface area contributed by atoms with Crippen LogP contribution in [0.2, 0.25) is 0 Å². The van der Waals surface area contributed by atoms with Gasteiger partial charge in [0.2, 0.25) is 0 Å². The summed E-state index contributed by atoms with van der Waals surface area (Å²) >= 11 is 1.55. The fraction of sp³-hybridized carbons (Fsp3) is 0.385. The number of carbonyl (C=O) groups is 1. The molecule has 1 atom stereocenters. The van der Waals surface area contributed by atoms with Crippen LogP contribution < -0.4 is 5.32 Å². The molecular formula is C13H14N2O3S. The van der Waals surface area contributed by atoms with Crippen LogP contribution in [0.4, 0.5) is 0 Å². The van der Waals surface area contributed by atoms with Crippen LogP contribution in [0.5, 0.6) is 0 Å². The Morgan fingerprint density at radius 3 is 3.26 bits per heavy atom. The molecule has 0 spiro atoms. The second-order valence-electron chi connectivity index (χ2n) is 4.49. The molecule has 1 fully saturated rings. The highest BCUT2D eigenvalue weighted by molar-refractivity contribution is 7.13. The Kier molecular flexibility index (Phi) is 3.61. The topological polar surface area (TPSA) is 64.4 Å². The Bertz CT molecular complexity index is 544. The van der Waals surface area contributed by atoms with Gasteiger partial charge in [-0.15, -0.1) is 11.3 Å². The minimum atomic E-state index is -0.196. The van der Waals surface area contributed by atoms with Crippen LogP contribution in [0.1, 0.15) is 16.9 Å². The molecule has 0 radical (unpaired) electrons. The summed E-state index contributed by atoms with van der Waals surface area (Å²) in [6.45, 7) is 2.13. The van der Waals surface area contributed by atoms with Gasteiger partial charge in [0.1, 0.15) is 0 Å². The van der Waals surface area contributed by atoms with Crippen molar-refractivity contribution in [2.75, 3.05) is 19.8 Å². The predicted octanol–water partition coefficient (Wildman–Crippen LogP) is 2.17. The molecular weight excluding hydrogens is 264 g/mol. The van der Waals surface area contributed by atoms with E-state index in [2.05, 4.69) is 10.5 Å². The molecule has 1 unspecified atom stereocenters. The van der Waals surface area contributed by atoms with Crippen LogP contribution in [-0.4, -0.2) is 30.8 Å². The second kappa shape index (κ2) is 5.54. The molecule has 0 aliphatic carbocycles. The minimum absolute atomic E-state index is 0.196. The van der Waals surface area contributed by atoms with Crippen LogP contribution >= 0.6 is 11.3 Å². The van der Waals surface area contributed by atoms with Gasteiger partial charge in [0.05, 0.1) is 11.5 Å². The molecule has 19 heavy (non-hydrogen) atoms. The highest BCUT2D eigenvalue weighted by Gasteiger charge is 2.18. The summed E-state index contributed by atoms with van der Waals surface area (Å²) in [5.74, 6) is 0.843. The van der Waals surface area contributed by atoms with Gasteiger partial charge >= 0.3 is 0 Å². The van der Waals surface area contributed by atoms with E-state index in [0.717, 1.165) is 24.5 Å². The van der Waals surface area contributed by atoms with E-state index < -0.39 is 0 Å². The van der Waals surface area contributed by atoms with E-state index in [9.17, 15) is 4.79 Å². The van der Waals surface area contributed by atoms with Crippen molar-refractivity contribution in [1.29, 1.82) is 0 Å². The maximum absolute atomic E-state index is 11.9. The van der Waals surface area contributed by atoms with Crippen molar-refractivity contribution < 1.29 is 14.1 Å². The van der Waals surface area contributed by atoms with Gasteiger partial charge in [-0.3, -0.25) is 4.79 Å². The number of hydrogen-bond acceptors (Lipinski definition) is 5. The third kappa shape index (κ3) is 2.85. The summed E-state index contributed by atoms with van der Waals surface area (Å²) in [5, 5.41) is 8.62. The molecule has 1 aliphatic heterocycles. The lowest BCUT2D eigenvalue weighted by Gasteiger charge is -2.07. The number of aromatic nitrogens is 1. The molecule has 2 aromatic heterocycles. The van der Waals surface area contributed by atoms with Gasteiger partial charge in [0.25, 0.3) is 5.91 Å². The normalized spacial score (nSPS) is 18.6.